The van der Waals surface area contributed by atoms with E-state index in [1.54, 1.807) is 7.11 Å². The smallest absolute Gasteiger partial charge is 0.154 e. The van der Waals surface area contributed by atoms with E-state index >= 15 is 0 Å². The first-order valence-corrected chi connectivity index (χ1v) is 3.78. The number of hydrogen-bond acceptors (Lipinski definition) is 3. The van der Waals surface area contributed by atoms with E-state index in [1.165, 1.54) is 11.5 Å². The summed E-state index contributed by atoms with van der Waals surface area (Å²) in [7, 11) is 1.61. The van der Waals surface area contributed by atoms with Crippen molar-refractivity contribution in [3.05, 3.63) is 11.1 Å². The Labute approximate surface area is 62.6 Å². The first kappa shape index (κ1) is 6.83. The maximum absolute atomic E-state index is 5.52. The van der Waals surface area contributed by atoms with E-state index in [-0.39, 0.29) is 0 Å². The van der Waals surface area contributed by atoms with Crippen molar-refractivity contribution in [1.82, 2.24) is 4.37 Å². The van der Waals surface area contributed by atoms with Crippen molar-refractivity contribution in [2.24, 2.45) is 0 Å². The number of hydrogen-bond donors (Lipinski definition) is 0. The third-order valence-electron chi connectivity index (χ3n) is 0.954. The first-order chi connectivity index (χ1) is 4.38. The summed E-state index contributed by atoms with van der Waals surface area (Å²) in [4.78, 5) is 0. The Hall–Kier alpha value is -0.280. The predicted octanol–water partition coefficient (Wildman–Crippen LogP) is 1.89. The van der Waals surface area contributed by atoms with Gasteiger partial charge in [-0.3, -0.25) is 0 Å². The molecule has 0 aromatic carbocycles. The van der Waals surface area contributed by atoms with Crippen molar-refractivity contribution in [3.63, 3.8) is 0 Å². The number of nitrogens with zero attached hydrogens (tertiary/aromatic N) is 1. The second kappa shape index (κ2) is 3.03. The average molecular weight is 164 g/mol. The van der Waals surface area contributed by atoms with Crippen LogP contribution in [0.3, 0.4) is 0 Å². The fourth-order valence-corrected chi connectivity index (χ4v) is 1.43. The monoisotopic (exact) mass is 163 g/mol. The van der Waals surface area contributed by atoms with Crippen LogP contribution in [0.5, 0.6) is 5.75 Å². The molecule has 9 heavy (non-hydrogen) atoms. The molecule has 0 spiro atoms. The fraction of sp³-hybridized carbons (Fsp3) is 0.400. The van der Waals surface area contributed by atoms with Gasteiger partial charge in [0.15, 0.2) is 5.75 Å². The van der Waals surface area contributed by atoms with Crippen LogP contribution in [0, 0.1) is 0 Å². The van der Waals surface area contributed by atoms with Gasteiger partial charge in [-0.1, -0.05) is 0 Å². The quantitative estimate of drug-likeness (QED) is 0.622. The topological polar surface area (TPSA) is 22.1 Å². The summed E-state index contributed by atoms with van der Waals surface area (Å²) in [5.74, 6) is 1.21. The standard InChI is InChI=1S/C5H6ClNOS/c1-8-5-3-9-7-4(5)2-6/h3H,2H2,1H3. The molecule has 0 amide bonds. The summed E-state index contributed by atoms with van der Waals surface area (Å²) in [6.07, 6.45) is 0. The summed E-state index contributed by atoms with van der Waals surface area (Å²) >= 11 is 6.87. The molecule has 0 bridgehead atoms. The van der Waals surface area contributed by atoms with E-state index in [0.717, 1.165) is 11.4 Å². The molecule has 0 N–H and O–H groups in total. The van der Waals surface area contributed by atoms with E-state index in [4.69, 9.17) is 16.3 Å². The van der Waals surface area contributed by atoms with Crippen LogP contribution in [-0.2, 0) is 5.88 Å². The molecule has 4 heteroatoms. The van der Waals surface area contributed by atoms with Crippen molar-refractivity contribution in [3.8, 4) is 5.75 Å². The lowest BCUT2D eigenvalue weighted by Crippen LogP contribution is -1.84. The predicted molar refractivity (Wildman–Crippen MR) is 38.2 cm³/mol. The van der Waals surface area contributed by atoms with Crippen LogP contribution >= 0.6 is 23.1 Å². The average Bonchev–Trinajstić information content (AvgIpc) is 2.33. The summed E-state index contributed by atoms with van der Waals surface area (Å²) in [6.45, 7) is 0. The Kier molecular flexibility index (Phi) is 2.30. The van der Waals surface area contributed by atoms with E-state index in [0.29, 0.717) is 5.88 Å². The van der Waals surface area contributed by atoms with Crippen molar-refractivity contribution in [2.45, 2.75) is 5.88 Å². The lowest BCUT2D eigenvalue weighted by molar-refractivity contribution is 0.412. The van der Waals surface area contributed by atoms with Crippen LogP contribution in [0.2, 0.25) is 0 Å². The van der Waals surface area contributed by atoms with Gasteiger partial charge in [-0.25, -0.2) is 0 Å². The molecule has 1 aromatic rings. The van der Waals surface area contributed by atoms with Gasteiger partial charge in [-0.05, 0) is 11.5 Å². The molecule has 0 aliphatic rings. The van der Waals surface area contributed by atoms with Crippen LogP contribution < -0.4 is 4.74 Å². The van der Waals surface area contributed by atoms with Gasteiger partial charge in [0.25, 0.3) is 0 Å². The van der Waals surface area contributed by atoms with Crippen molar-refractivity contribution in [2.75, 3.05) is 7.11 Å². The molecule has 50 valence electrons. The zero-order valence-electron chi connectivity index (χ0n) is 4.93. The second-order valence-electron chi connectivity index (χ2n) is 1.46. The van der Waals surface area contributed by atoms with Crippen molar-refractivity contribution in [1.29, 1.82) is 0 Å². The molecule has 0 atom stereocenters. The Morgan fingerprint density at radius 2 is 2.67 bits per heavy atom. The number of methoxy groups -OCH3 is 1. The molecule has 0 saturated heterocycles. The molecule has 0 fully saturated rings. The molecular weight excluding hydrogens is 158 g/mol. The Morgan fingerprint density at radius 1 is 1.89 bits per heavy atom. The third kappa shape index (κ3) is 1.34. The zero-order valence-corrected chi connectivity index (χ0v) is 6.50. The van der Waals surface area contributed by atoms with Crippen molar-refractivity contribution < 1.29 is 4.74 Å². The lowest BCUT2D eigenvalue weighted by atomic mass is 10.5. The highest BCUT2D eigenvalue weighted by atomic mass is 35.5. The highest BCUT2D eigenvalue weighted by molar-refractivity contribution is 7.03. The highest BCUT2D eigenvalue weighted by Crippen LogP contribution is 2.20. The van der Waals surface area contributed by atoms with Crippen LogP contribution in [0.4, 0.5) is 0 Å². The van der Waals surface area contributed by atoms with Gasteiger partial charge >= 0.3 is 0 Å². The molecule has 1 rings (SSSR count). The van der Waals surface area contributed by atoms with E-state index < -0.39 is 0 Å². The molecule has 0 saturated carbocycles. The molecule has 2 nitrogen and oxygen atoms in total. The number of aromatic nitrogens is 1. The summed E-state index contributed by atoms with van der Waals surface area (Å²) in [6, 6.07) is 0. The summed E-state index contributed by atoms with van der Waals surface area (Å²) < 4.78 is 8.93. The SMILES string of the molecule is COc1csnc1CCl. The summed E-state index contributed by atoms with van der Waals surface area (Å²) in [5.41, 5.74) is 0.823. The molecule has 0 radical (unpaired) electrons. The normalized spacial score (nSPS) is 9.56. The molecule has 1 aromatic heterocycles. The minimum absolute atomic E-state index is 0.423. The van der Waals surface area contributed by atoms with Gasteiger partial charge in [0, 0.05) is 0 Å². The number of alkyl halides is 1. The molecule has 1 heterocycles. The van der Waals surface area contributed by atoms with Crippen LogP contribution in [-0.4, -0.2) is 11.5 Å². The third-order valence-corrected chi connectivity index (χ3v) is 1.85. The number of halogens is 1. The van der Waals surface area contributed by atoms with E-state index in [2.05, 4.69) is 4.37 Å². The zero-order chi connectivity index (χ0) is 6.69. The van der Waals surface area contributed by atoms with Gasteiger partial charge in [-0.2, -0.15) is 4.37 Å². The van der Waals surface area contributed by atoms with Gasteiger partial charge in [0.05, 0.1) is 18.4 Å². The largest absolute Gasteiger partial charge is 0.494 e. The molecular formula is C5H6ClNOS. The Balaban J connectivity index is 2.85. The van der Waals surface area contributed by atoms with Crippen LogP contribution in [0.1, 0.15) is 5.69 Å². The number of ether oxygens (including phenoxy) is 1. The maximum Gasteiger partial charge on any atom is 0.154 e. The Bertz CT molecular complexity index is 170. The minimum Gasteiger partial charge on any atom is -0.494 e. The van der Waals surface area contributed by atoms with Gasteiger partial charge in [-0.15, -0.1) is 11.6 Å². The van der Waals surface area contributed by atoms with Gasteiger partial charge in [0.1, 0.15) is 5.69 Å². The van der Waals surface area contributed by atoms with Crippen molar-refractivity contribution >= 4 is 23.1 Å². The van der Waals surface area contributed by atoms with Crippen LogP contribution in [0.25, 0.3) is 0 Å². The summed E-state index contributed by atoms with van der Waals surface area (Å²) in [5, 5.41) is 1.83. The van der Waals surface area contributed by atoms with Gasteiger partial charge in [0.2, 0.25) is 0 Å². The highest BCUT2D eigenvalue weighted by Gasteiger charge is 2.01. The van der Waals surface area contributed by atoms with E-state index in [9.17, 15) is 0 Å². The Morgan fingerprint density at radius 3 is 3.11 bits per heavy atom. The van der Waals surface area contributed by atoms with Gasteiger partial charge < -0.3 is 4.74 Å². The molecule has 0 unspecified atom stereocenters. The van der Waals surface area contributed by atoms with Crippen LogP contribution in [0.15, 0.2) is 5.38 Å². The van der Waals surface area contributed by atoms with E-state index in [1.807, 2.05) is 5.38 Å². The maximum atomic E-state index is 5.52. The minimum atomic E-state index is 0.423. The first-order valence-electron chi connectivity index (χ1n) is 2.41. The molecule has 0 aliphatic carbocycles. The number of rotatable bonds is 2. The molecule has 0 aliphatic heterocycles. The fourth-order valence-electron chi connectivity index (χ4n) is 0.507. The lowest BCUT2D eigenvalue weighted by Gasteiger charge is -1.93. The second-order valence-corrected chi connectivity index (χ2v) is 2.36.